The fourth-order valence-corrected chi connectivity index (χ4v) is 10.9. The number of nitrogens with one attached hydrogen (secondary N) is 2. The minimum absolute atomic E-state index is 0.0205. The highest BCUT2D eigenvalue weighted by atomic mass is 32.2. The quantitative estimate of drug-likeness (QED) is 0.160. The first-order valence-corrected chi connectivity index (χ1v) is 16.6. The number of para-hydroxylation sites is 1. The molecule has 4 aromatic rings. The summed E-state index contributed by atoms with van der Waals surface area (Å²) in [4.78, 5) is 68.3. The number of nitrogens with zero attached hydrogens (tertiary/aromatic N) is 2. The predicted octanol–water partition coefficient (Wildman–Crippen LogP) is 5.04. The SMILES string of the molecule is O=C(COc1ccc([C@H]2c3sc(=O)[nH]c3SC3C2[C@H]2C[C@@H]3C3C(=O)N(c4ccc([N+](=O)[O-])cc4)C(=O)C32)cc1)Nc1ccccc1. The summed E-state index contributed by atoms with van der Waals surface area (Å²) in [5, 5.41) is 14.8. The van der Waals surface area contributed by atoms with E-state index < -0.39 is 16.8 Å². The Bertz CT molecular complexity index is 1940. The monoisotopic (exact) mass is 654 g/mol. The number of amides is 3. The molecule has 4 unspecified atom stereocenters. The molecule has 2 saturated carbocycles. The van der Waals surface area contributed by atoms with Gasteiger partial charge in [0.2, 0.25) is 11.8 Å². The number of non-ortho nitro benzene ring substituents is 1. The van der Waals surface area contributed by atoms with Crippen molar-refractivity contribution in [3.8, 4) is 5.75 Å². The normalized spacial score (nSPS) is 27.2. The van der Waals surface area contributed by atoms with Gasteiger partial charge < -0.3 is 15.0 Å². The third kappa shape index (κ3) is 4.56. The number of benzene rings is 3. The molecule has 46 heavy (non-hydrogen) atoms. The second-order valence-corrected chi connectivity index (χ2v) is 14.2. The van der Waals surface area contributed by atoms with E-state index >= 15 is 0 Å². The molecule has 0 spiro atoms. The minimum atomic E-state index is -0.515. The number of anilines is 2. The molecule has 7 atom stereocenters. The molecule has 0 radical (unpaired) electrons. The molecule has 2 bridgehead atoms. The van der Waals surface area contributed by atoms with Crippen molar-refractivity contribution in [2.24, 2.45) is 29.6 Å². The van der Waals surface area contributed by atoms with Crippen LogP contribution in [0, 0.1) is 39.7 Å². The van der Waals surface area contributed by atoms with Gasteiger partial charge in [-0.3, -0.25) is 34.2 Å². The average molecular weight is 655 g/mol. The van der Waals surface area contributed by atoms with Crippen molar-refractivity contribution >= 4 is 57.9 Å². The van der Waals surface area contributed by atoms with E-state index in [1.54, 1.807) is 23.9 Å². The van der Waals surface area contributed by atoms with Gasteiger partial charge in [0.05, 0.1) is 27.5 Å². The molecule has 1 saturated heterocycles. The summed E-state index contributed by atoms with van der Waals surface area (Å²) in [6.07, 6.45) is 0.747. The summed E-state index contributed by atoms with van der Waals surface area (Å²) >= 11 is 2.79. The zero-order chi connectivity index (χ0) is 31.7. The molecule has 4 aliphatic rings. The molecule has 8 rings (SSSR count). The van der Waals surface area contributed by atoms with Crippen LogP contribution in [0.25, 0.3) is 0 Å². The van der Waals surface area contributed by atoms with Crippen LogP contribution in [0.3, 0.4) is 0 Å². The molecule has 1 aromatic heterocycles. The van der Waals surface area contributed by atoms with Gasteiger partial charge in [-0.1, -0.05) is 41.7 Å². The molecule has 3 fully saturated rings. The number of hydrogen-bond acceptors (Lipinski definition) is 9. The highest BCUT2D eigenvalue weighted by Gasteiger charge is 2.69. The van der Waals surface area contributed by atoms with E-state index in [2.05, 4.69) is 10.3 Å². The molecule has 2 aliphatic carbocycles. The van der Waals surface area contributed by atoms with Gasteiger partial charge in [0.15, 0.2) is 6.61 Å². The van der Waals surface area contributed by atoms with Crippen LogP contribution in [0.5, 0.6) is 5.75 Å². The first-order valence-electron chi connectivity index (χ1n) is 14.9. The van der Waals surface area contributed by atoms with E-state index in [0.717, 1.165) is 21.9 Å². The van der Waals surface area contributed by atoms with Crippen LogP contribution in [0.15, 0.2) is 88.7 Å². The number of aromatic amines is 1. The summed E-state index contributed by atoms with van der Waals surface area (Å²) in [5.74, 6) is -1.47. The fourth-order valence-electron chi connectivity index (χ4n) is 8.01. The van der Waals surface area contributed by atoms with Crippen LogP contribution in [-0.2, 0) is 14.4 Å². The molecule has 11 nitrogen and oxygen atoms in total. The first kappa shape index (κ1) is 28.7. The Morgan fingerprint density at radius 2 is 1.65 bits per heavy atom. The third-order valence-corrected chi connectivity index (χ3v) is 12.3. The average Bonchev–Trinajstić information content (AvgIpc) is 3.79. The Kier molecular flexibility index (Phi) is 6.83. The number of nitro benzene ring substituents is 1. The lowest BCUT2D eigenvalue weighted by molar-refractivity contribution is -0.384. The molecule has 3 aromatic carbocycles. The maximum absolute atomic E-state index is 13.9. The minimum Gasteiger partial charge on any atom is -0.484 e. The van der Waals surface area contributed by atoms with Crippen LogP contribution in [0.4, 0.5) is 17.1 Å². The van der Waals surface area contributed by atoms with Gasteiger partial charge in [-0.15, -0.1) is 11.8 Å². The van der Waals surface area contributed by atoms with E-state index in [1.807, 2.05) is 42.5 Å². The van der Waals surface area contributed by atoms with Gasteiger partial charge >= 0.3 is 4.87 Å². The number of rotatable bonds is 7. The van der Waals surface area contributed by atoms with Gasteiger partial charge in [-0.05, 0) is 66.1 Å². The van der Waals surface area contributed by atoms with Crippen molar-refractivity contribution < 1.29 is 24.0 Å². The Hall–Kier alpha value is -4.75. The van der Waals surface area contributed by atoms with Crippen LogP contribution >= 0.6 is 23.1 Å². The summed E-state index contributed by atoms with van der Waals surface area (Å²) in [6, 6.07) is 22.2. The van der Waals surface area contributed by atoms with Gasteiger partial charge in [0.1, 0.15) is 5.75 Å². The topological polar surface area (TPSA) is 152 Å². The van der Waals surface area contributed by atoms with Gasteiger partial charge in [-0.2, -0.15) is 0 Å². The Morgan fingerprint density at radius 3 is 2.35 bits per heavy atom. The van der Waals surface area contributed by atoms with E-state index in [-0.39, 0.29) is 63.8 Å². The number of carbonyl (C=O) groups is 3. The van der Waals surface area contributed by atoms with Crippen molar-refractivity contribution in [3.63, 3.8) is 0 Å². The number of nitro groups is 1. The van der Waals surface area contributed by atoms with Crippen molar-refractivity contribution in [1.82, 2.24) is 4.98 Å². The highest BCUT2D eigenvalue weighted by molar-refractivity contribution is 8.00. The maximum atomic E-state index is 13.9. The Labute approximate surface area is 270 Å². The molecule has 232 valence electrons. The third-order valence-electron chi connectivity index (χ3n) is 9.71. The van der Waals surface area contributed by atoms with Gasteiger partial charge in [0, 0.05) is 33.9 Å². The molecule has 3 amide bonds. The molecular formula is C33H26N4O7S2. The zero-order valence-electron chi connectivity index (χ0n) is 24.0. The molecule has 13 heteroatoms. The Morgan fingerprint density at radius 1 is 0.957 bits per heavy atom. The number of fused-ring (bicyclic) bond motifs is 9. The number of hydrogen-bond donors (Lipinski definition) is 2. The second kappa shape index (κ2) is 11.0. The summed E-state index contributed by atoms with van der Waals surface area (Å²) in [6.45, 7) is -0.156. The Balaban J connectivity index is 1.06. The largest absolute Gasteiger partial charge is 0.484 e. The number of thiazole rings is 1. The maximum Gasteiger partial charge on any atom is 0.305 e. The van der Waals surface area contributed by atoms with Gasteiger partial charge in [0.25, 0.3) is 11.6 Å². The van der Waals surface area contributed by atoms with Crippen molar-refractivity contribution in [3.05, 3.63) is 109 Å². The summed E-state index contributed by atoms with van der Waals surface area (Å²) in [5.41, 5.74) is 1.89. The van der Waals surface area contributed by atoms with Crippen LogP contribution in [0.1, 0.15) is 22.8 Å². The molecule has 2 aliphatic heterocycles. The number of carbonyl (C=O) groups excluding carboxylic acids is 3. The van der Waals surface area contributed by atoms with E-state index in [4.69, 9.17) is 4.74 Å². The lowest BCUT2D eigenvalue weighted by atomic mass is 9.68. The fraction of sp³-hybridized carbons (Fsp3) is 0.273. The second-order valence-electron chi connectivity index (χ2n) is 12.0. The predicted molar refractivity (Wildman–Crippen MR) is 171 cm³/mol. The van der Waals surface area contributed by atoms with Crippen LogP contribution in [-0.4, -0.2) is 39.5 Å². The highest BCUT2D eigenvalue weighted by Crippen LogP contribution is 2.68. The molecule has 3 heterocycles. The summed E-state index contributed by atoms with van der Waals surface area (Å²) in [7, 11) is 0. The number of imide groups is 1. The van der Waals surface area contributed by atoms with E-state index in [9.17, 15) is 29.3 Å². The standard InChI is InChI=1S/C33H26N4O7S2/c38-23(34-17-4-2-1-3-5-17)15-44-20-12-6-16(7-13-20)24-25-21-14-22(28(25)45-30-29(24)46-33(41)35-30)27-26(21)31(39)36(32(27)40)18-8-10-19(11-9-18)37(42)43/h1-13,21-22,24-28H,14-15H2,(H,34,38)(H,35,41)/t21-,22-,24-,25?,26?,27?,28?/m1/s1. The van der Waals surface area contributed by atoms with Crippen molar-refractivity contribution in [2.75, 3.05) is 16.8 Å². The number of ether oxygens (including phenoxy) is 1. The zero-order valence-corrected chi connectivity index (χ0v) is 25.7. The van der Waals surface area contributed by atoms with Crippen LogP contribution in [0.2, 0.25) is 0 Å². The summed E-state index contributed by atoms with van der Waals surface area (Å²) < 4.78 is 5.75. The lowest BCUT2D eigenvalue weighted by Crippen LogP contribution is -2.42. The lowest BCUT2D eigenvalue weighted by Gasteiger charge is -2.43. The van der Waals surface area contributed by atoms with Gasteiger partial charge in [-0.25, -0.2) is 0 Å². The van der Waals surface area contributed by atoms with E-state index in [0.29, 0.717) is 17.1 Å². The number of thioether (sulfide) groups is 1. The van der Waals surface area contributed by atoms with Crippen molar-refractivity contribution in [1.29, 1.82) is 0 Å². The van der Waals surface area contributed by atoms with E-state index in [1.165, 1.54) is 40.5 Å². The number of H-pyrrole nitrogens is 1. The molecular weight excluding hydrogens is 629 g/mol. The first-order chi connectivity index (χ1) is 22.3. The number of aromatic nitrogens is 1. The molecule has 2 N–H and O–H groups in total. The van der Waals surface area contributed by atoms with Crippen molar-refractivity contribution in [2.45, 2.75) is 22.6 Å². The smallest absolute Gasteiger partial charge is 0.305 e. The van der Waals surface area contributed by atoms with Crippen LogP contribution < -0.4 is 19.8 Å².